The Hall–Kier alpha value is -1.55. The molecule has 0 bridgehead atoms. The normalized spacial score (nSPS) is 28.4. The fraction of sp³-hybridized carbons (Fsp3) is 0.462. The Kier molecular flexibility index (Phi) is 2.52. The lowest BCUT2D eigenvalue weighted by molar-refractivity contribution is 0.171. The van der Waals surface area contributed by atoms with E-state index in [1.165, 1.54) is 5.56 Å². The first kappa shape index (κ1) is 10.6. The number of likely N-dealkylation sites (tertiary alicyclic amines) is 1. The first-order valence-electron chi connectivity index (χ1n) is 5.97. The van der Waals surface area contributed by atoms with Gasteiger partial charge in [-0.05, 0) is 12.0 Å². The average molecular weight is 232 g/mol. The molecule has 90 valence electrons. The summed E-state index contributed by atoms with van der Waals surface area (Å²) in [5.41, 5.74) is 1.18. The number of carbonyl (C=O) groups is 1. The Morgan fingerprint density at radius 3 is 2.88 bits per heavy atom. The van der Waals surface area contributed by atoms with Gasteiger partial charge >= 0.3 is 6.09 Å². The monoisotopic (exact) mass is 232 g/mol. The number of rotatable bonds is 2. The minimum Gasteiger partial charge on any atom is -0.447 e. The second-order valence-electron chi connectivity index (χ2n) is 4.93. The Morgan fingerprint density at radius 2 is 2.18 bits per heavy atom. The topological polar surface area (TPSA) is 41.6 Å². The highest BCUT2D eigenvalue weighted by atomic mass is 16.6. The van der Waals surface area contributed by atoms with Crippen molar-refractivity contribution in [3.8, 4) is 0 Å². The molecule has 2 aliphatic heterocycles. The van der Waals surface area contributed by atoms with E-state index < -0.39 is 0 Å². The molecule has 2 fully saturated rings. The largest absolute Gasteiger partial charge is 0.447 e. The molecule has 3 rings (SSSR count). The van der Waals surface area contributed by atoms with Crippen LogP contribution < -0.4 is 5.32 Å². The predicted molar refractivity (Wildman–Crippen MR) is 63.6 cm³/mol. The van der Waals surface area contributed by atoms with Crippen molar-refractivity contribution in [3.05, 3.63) is 35.9 Å². The molecule has 4 nitrogen and oxygen atoms in total. The van der Waals surface area contributed by atoms with Gasteiger partial charge in [0.05, 0.1) is 5.54 Å². The van der Waals surface area contributed by atoms with E-state index >= 15 is 0 Å². The molecule has 0 aromatic heterocycles. The van der Waals surface area contributed by atoms with Gasteiger partial charge < -0.3 is 10.1 Å². The predicted octanol–water partition coefficient (Wildman–Crippen LogP) is 1.37. The van der Waals surface area contributed by atoms with Crippen molar-refractivity contribution in [1.82, 2.24) is 10.2 Å². The van der Waals surface area contributed by atoms with Gasteiger partial charge in [-0.1, -0.05) is 30.3 Å². The molecular weight excluding hydrogens is 216 g/mol. The summed E-state index contributed by atoms with van der Waals surface area (Å²) in [4.78, 5) is 13.5. The molecule has 1 atom stereocenters. The van der Waals surface area contributed by atoms with Crippen molar-refractivity contribution in [3.63, 3.8) is 0 Å². The zero-order chi connectivity index (χ0) is 11.7. The van der Waals surface area contributed by atoms with Crippen LogP contribution in [-0.4, -0.2) is 36.2 Å². The maximum absolute atomic E-state index is 11.1. The van der Waals surface area contributed by atoms with Gasteiger partial charge in [0.2, 0.25) is 0 Å². The van der Waals surface area contributed by atoms with Gasteiger partial charge in [0.1, 0.15) is 6.61 Å². The van der Waals surface area contributed by atoms with Gasteiger partial charge in [-0.2, -0.15) is 0 Å². The summed E-state index contributed by atoms with van der Waals surface area (Å²) in [6, 6.07) is 10.4. The number of benzene rings is 1. The molecule has 4 heteroatoms. The van der Waals surface area contributed by atoms with Gasteiger partial charge in [-0.3, -0.25) is 4.90 Å². The van der Waals surface area contributed by atoms with Crippen molar-refractivity contribution in [2.24, 2.45) is 0 Å². The molecule has 2 saturated heterocycles. The lowest BCUT2D eigenvalue weighted by Crippen LogP contribution is -2.45. The number of alkyl carbamates (subject to hydrolysis) is 1. The number of cyclic esters (lactones) is 1. The SMILES string of the molecule is O=C1NC2(CCN(Cc3ccccc3)C2)CO1. The van der Waals surface area contributed by atoms with Crippen molar-refractivity contribution in [2.75, 3.05) is 19.7 Å². The molecular formula is C13H16N2O2. The molecule has 1 unspecified atom stereocenters. The maximum Gasteiger partial charge on any atom is 0.407 e. The summed E-state index contributed by atoms with van der Waals surface area (Å²) in [6.45, 7) is 3.35. The van der Waals surface area contributed by atoms with Gasteiger partial charge in [0.25, 0.3) is 0 Å². The van der Waals surface area contributed by atoms with E-state index in [4.69, 9.17) is 4.74 Å². The molecule has 1 aromatic rings. The van der Waals surface area contributed by atoms with Gasteiger partial charge in [0.15, 0.2) is 0 Å². The number of amides is 1. The van der Waals surface area contributed by atoms with Crippen LogP contribution in [0.2, 0.25) is 0 Å². The third-order valence-electron chi connectivity index (χ3n) is 3.53. The quantitative estimate of drug-likeness (QED) is 0.837. The summed E-state index contributed by atoms with van der Waals surface area (Å²) in [7, 11) is 0. The van der Waals surface area contributed by atoms with E-state index in [0.29, 0.717) is 6.61 Å². The third-order valence-corrected chi connectivity index (χ3v) is 3.53. The summed E-state index contributed by atoms with van der Waals surface area (Å²) >= 11 is 0. The smallest absolute Gasteiger partial charge is 0.407 e. The number of nitrogens with one attached hydrogen (secondary N) is 1. The molecule has 17 heavy (non-hydrogen) atoms. The van der Waals surface area contributed by atoms with Crippen LogP contribution in [0.1, 0.15) is 12.0 Å². The van der Waals surface area contributed by atoms with Crippen LogP contribution in [0.25, 0.3) is 0 Å². The highest BCUT2D eigenvalue weighted by Crippen LogP contribution is 2.26. The molecule has 1 amide bonds. The Balaban J connectivity index is 1.63. The third kappa shape index (κ3) is 2.13. The van der Waals surface area contributed by atoms with Crippen LogP contribution >= 0.6 is 0 Å². The van der Waals surface area contributed by atoms with Crippen molar-refractivity contribution >= 4 is 6.09 Å². The summed E-state index contributed by atoms with van der Waals surface area (Å²) < 4.78 is 5.01. The first-order valence-corrected chi connectivity index (χ1v) is 5.97. The number of ether oxygens (including phenoxy) is 1. The zero-order valence-electron chi connectivity index (χ0n) is 9.69. The van der Waals surface area contributed by atoms with Gasteiger partial charge in [0, 0.05) is 19.6 Å². The Labute approximate surface area is 101 Å². The highest BCUT2D eigenvalue weighted by molar-refractivity contribution is 5.70. The van der Waals surface area contributed by atoms with Crippen molar-refractivity contribution in [2.45, 2.75) is 18.5 Å². The molecule has 2 heterocycles. The second kappa shape index (κ2) is 4.04. The summed E-state index contributed by atoms with van der Waals surface area (Å²) in [5.74, 6) is 0. The van der Waals surface area contributed by atoms with Crippen LogP contribution in [0.5, 0.6) is 0 Å². The van der Waals surface area contributed by atoms with E-state index in [9.17, 15) is 4.79 Å². The molecule has 0 saturated carbocycles. The van der Waals surface area contributed by atoms with Crippen LogP contribution in [0.15, 0.2) is 30.3 Å². The highest BCUT2D eigenvalue weighted by Gasteiger charge is 2.44. The van der Waals surface area contributed by atoms with Crippen LogP contribution in [-0.2, 0) is 11.3 Å². The fourth-order valence-corrected chi connectivity index (χ4v) is 2.65. The molecule has 1 spiro atoms. The second-order valence-corrected chi connectivity index (χ2v) is 4.93. The molecule has 2 aliphatic rings. The van der Waals surface area contributed by atoms with E-state index in [1.807, 2.05) is 6.07 Å². The van der Waals surface area contributed by atoms with Crippen molar-refractivity contribution in [1.29, 1.82) is 0 Å². The number of hydrogen-bond donors (Lipinski definition) is 1. The molecule has 1 N–H and O–H groups in total. The zero-order valence-corrected chi connectivity index (χ0v) is 9.69. The lowest BCUT2D eigenvalue weighted by atomic mass is 10.0. The van der Waals surface area contributed by atoms with E-state index in [1.54, 1.807) is 0 Å². The summed E-state index contributed by atoms with van der Waals surface area (Å²) in [5, 5.41) is 2.94. The lowest BCUT2D eigenvalue weighted by Gasteiger charge is -2.21. The minimum atomic E-state index is -0.272. The summed E-state index contributed by atoms with van der Waals surface area (Å²) in [6.07, 6.45) is 0.706. The number of hydrogen-bond acceptors (Lipinski definition) is 3. The van der Waals surface area contributed by atoms with Crippen LogP contribution in [0.3, 0.4) is 0 Å². The minimum absolute atomic E-state index is 0.133. The van der Waals surface area contributed by atoms with E-state index in [0.717, 1.165) is 26.1 Å². The molecule has 1 aromatic carbocycles. The Morgan fingerprint density at radius 1 is 1.35 bits per heavy atom. The van der Waals surface area contributed by atoms with Gasteiger partial charge in [-0.25, -0.2) is 4.79 Å². The van der Waals surface area contributed by atoms with E-state index in [2.05, 4.69) is 34.5 Å². The standard InChI is InChI=1S/C13H16N2O2/c16-12-14-13(10-17-12)6-7-15(9-13)8-11-4-2-1-3-5-11/h1-5H,6-10H2,(H,14,16). The Bertz CT molecular complexity index is 421. The first-order chi connectivity index (χ1) is 8.26. The number of nitrogens with zero attached hydrogens (tertiary/aromatic N) is 1. The molecule has 0 aliphatic carbocycles. The molecule has 0 radical (unpaired) electrons. The number of carbonyl (C=O) groups excluding carboxylic acids is 1. The van der Waals surface area contributed by atoms with Crippen LogP contribution in [0, 0.1) is 0 Å². The average Bonchev–Trinajstić information content (AvgIpc) is 2.88. The van der Waals surface area contributed by atoms with Crippen molar-refractivity contribution < 1.29 is 9.53 Å². The van der Waals surface area contributed by atoms with E-state index in [-0.39, 0.29) is 11.6 Å². The maximum atomic E-state index is 11.1. The fourth-order valence-electron chi connectivity index (χ4n) is 2.65. The van der Waals surface area contributed by atoms with Gasteiger partial charge in [-0.15, -0.1) is 0 Å². The van der Waals surface area contributed by atoms with Crippen LogP contribution in [0.4, 0.5) is 4.79 Å².